The first-order valence-electron chi connectivity index (χ1n) is 13.6. The van der Waals surface area contributed by atoms with Crippen molar-refractivity contribution in [3.05, 3.63) is 60.0 Å². The number of pyridine rings is 1. The van der Waals surface area contributed by atoms with Crippen LogP contribution in [0.15, 0.2) is 48.9 Å². The number of carbonyl (C=O) groups excluding carboxylic acids is 2. The molecule has 11 nitrogen and oxygen atoms in total. The standard InChI is InChI=1S/C29H31F3N8O3/c1-27(2,3)43-26(42)39-14-6-5-12-28(39,4)40-24-21(23(33)35-16-36-24)22(38-40)17-7-9-18(10-8-17)25(41)37-20-15-19(11-13-34-20)29(30,31)32/h7-11,13,15-16H,5-6,12,14H2,1-4H3,(H2,33,35,36)(H,34,37,41). The molecule has 0 aliphatic carbocycles. The Hall–Kier alpha value is -4.75. The first-order chi connectivity index (χ1) is 20.2. The van der Waals surface area contributed by atoms with E-state index in [0.717, 1.165) is 31.2 Å². The van der Waals surface area contributed by atoms with Crippen molar-refractivity contribution in [1.82, 2.24) is 29.6 Å². The molecular weight excluding hydrogens is 565 g/mol. The van der Waals surface area contributed by atoms with Gasteiger partial charge in [0.2, 0.25) is 0 Å². The van der Waals surface area contributed by atoms with E-state index in [1.807, 2.05) is 27.7 Å². The van der Waals surface area contributed by atoms with Gasteiger partial charge in [0.1, 0.15) is 34.9 Å². The van der Waals surface area contributed by atoms with Gasteiger partial charge in [0.25, 0.3) is 5.91 Å². The first kappa shape index (κ1) is 29.7. The number of benzene rings is 1. The Kier molecular flexibility index (Phi) is 7.48. The monoisotopic (exact) mass is 596 g/mol. The summed E-state index contributed by atoms with van der Waals surface area (Å²) in [6.45, 7) is 7.79. The number of nitrogens with one attached hydrogen (secondary N) is 1. The van der Waals surface area contributed by atoms with Crippen LogP contribution < -0.4 is 11.1 Å². The smallest absolute Gasteiger partial charge is 0.416 e. The second kappa shape index (κ2) is 10.8. The number of amides is 2. The van der Waals surface area contributed by atoms with Crippen LogP contribution in [0.3, 0.4) is 0 Å². The van der Waals surface area contributed by atoms with E-state index in [2.05, 4.69) is 20.3 Å². The zero-order valence-corrected chi connectivity index (χ0v) is 24.1. The third-order valence-corrected chi connectivity index (χ3v) is 7.18. The van der Waals surface area contributed by atoms with Crippen LogP contribution >= 0.6 is 0 Å². The van der Waals surface area contributed by atoms with E-state index < -0.39 is 35.0 Å². The minimum absolute atomic E-state index is 0.186. The van der Waals surface area contributed by atoms with Gasteiger partial charge in [-0.1, -0.05) is 12.1 Å². The fourth-order valence-electron chi connectivity index (χ4n) is 5.09. The van der Waals surface area contributed by atoms with Gasteiger partial charge in [-0.15, -0.1) is 0 Å². The average Bonchev–Trinajstić information content (AvgIpc) is 3.34. The third-order valence-electron chi connectivity index (χ3n) is 7.18. The van der Waals surface area contributed by atoms with Gasteiger partial charge in [-0.25, -0.2) is 24.4 Å². The van der Waals surface area contributed by atoms with Gasteiger partial charge < -0.3 is 15.8 Å². The number of ether oxygens (including phenoxy) is 1. The van der Waals surface area contributed by atoms with Crippen molar-refractivity contribution in [1.29, 1.82) is 0 Å². The number of alkyl halides is 3. The van der Waals surface area contributed by atoms with Crippen LogP contribution in [0.25, 0.3) is 22.3 Å². The van der Waals surface area contributed by atoms with Crippen molar-refractivity contribution in [3.63, 3.8) is 0 Å². The van der Waals surface area contributed by atoms with E-state index in [1.165, 1.54) is 18.5 Å². The number of nitrogen functional groups attached to an aromatic ring is 1. The number of rotatable bonds is 4. The van der Waals surface area contributed by atoms with Crippen molar-refractivity contribution in [2.45, 2.75) is 64.4 Å². The number of hydrogen-bond donors (Lipinski definition) is 2. The zero-order valence-electron chi connectivity index (χ0n) is 24.1. The lowest BCUT2D eigenvalue weighted by Crippen LogP contribution is -2.55. The van der Waals surface area contributed by atoms with E-state index in [-0.39, 0.29) is 17.2 Å². The summed E-state index contributed by atoms with van der Waals surface area (Å²) >= 11 is 0. The molecule has 1 aromatic carbocycles. The molecule has 1 aliphatic rings. The van der Waals surface area contributed by atoms with Crippen LogP contribution in [0.2, 0.25) is 0 Å². The van der Waals surface area contributed by atoms with Crippen LogP contribution in [-0.4, -0.2) is 53.8 Å². The highest BCUT2D eigenvalue weighted by molar-refractivity contribution is 6.04. The molecule has 0 saturated carbocycles. The molecule has 1 unspecified atom stereocenters. The van der Waals surface area contributed by atoms with Crippen LogP contribution in [0.1, 0.15) is 62.9 Å². The van der Waals surface area contributed by atoms with Gasteiger partial charge in [-0.3, -0.25) is 9.69 Å². The molecule has 5 rings (SSSR count). The van der Waals surface area contributed by atoms with Crippen molar-refractivity contribution in [2.75, 3.05) is 17.6 Å². The van der Waals surface area contributed by atoms with Crippen LogP contribution in [0, 0.1) is 0 Å². The molecule has 0 radical (unpaired) electrons. The normalized spacial score (nSPS) is 17.6. The summed E-state index contributed by atoms with van der Waals surface area (Å²) < 4.78 is 46.5. The molecule has 226 valence electrons. The molecule has 1 aliphatic heterocycles. The van der Waals surface area contributed by atoms with Gasteiger partial charge in [-0.2, -0.15) is 18.3 Å². The van der Waals surface area contributed by atoms with Crippen molar-refractivity contribution >= 4 is 34.7 Å². The Labute approximate surface area is 245 Å². The van der Waals surface area contributed by atoms with Crippen LogP contribution in [0.4, 0.5) is 29.6 Å². The molecule has 1 saturated heterocycles. The highest BCUT2D eigenvalue weighted by Crippen LogP contribution is 2.39. The van der Waals surface area contributed by atoms with Gasteiger partial charge in [-0.05, 0) is 71.2 Å². The Morgan fingerprint density at radius 3 is 2.44 bits per heavy atom. The highest BCUT2D eigenvalue weighted by atomic mass is 19.4. The number of nitrogens with two attached hydrogens (primary N) is 1. The molecule has 3 N–H and O–H groups in total. The highest BCUT2D eigenvalue weighted by Gasteiger charge is 2.43. The SMILES string of the molecule is CC(C)(C)OC(=O)N1CCCCC1(C)n1nc(-c2ccc(C(=O)Nc3cc(C(F)(F)F)ccn3)cc2)c2c(N)ncnc21. The van der Waals surface area contributed by atoms with Crippen LogP contribution in [0.5, 0.6) is 0 Å². The van der Waals surface area contributed by atoms with E-state index in [9.17, 15) is 22.8 Å². The van der Waals surface area contributed by atoms with E-state index in [0.29, 0.717) is 35.3 Å². The summed E-state index contributed by atoms with van der Waals surface area (Å²) in [6.07, 6.45) is -0.483. The fourth-order valence-corrected chi connectivity index (χ4v) is 5.09. The second-order valence-electron chi connectivity index (χ2n) is 11.5. The number of piperidine rings is 1. The maximum atomic E-state index is 13.3. The largest absolute Gasteiger partial charge is 0.444 e. The summed E-state index contributed by atoms with van der Waals surface area (Å²) in [4.78, 5) is 40.2. The molecule has 1 fully saturated rings. The summed E-state index contributed by atoms with van der Waals surface area (Å²) in [7, 11) is 0. The zero-order chi connectivity index (χ0) is 31.2. The molecule has 4 heterocycles. The van der Waals surface area contributed by atoms with Gasteiger partial charge in [0.05, 0.1) is 10.9 Å². The topological polar surface area (TPSA) is 141 Å². The molecule has 3 aromatic heterocycles. The minimum atomic E-state index is -4.57. The molecular formula is C29H31F3N8O3. The average molecular weight is 597 g/mol. The Morgan fingerprint density at radius 1 is 1.05 bits per heavy atom. The van der Waals surface area contributed by atoms with Crippen LogP contribution in [-0.2, 0) is 16.6 Å². The Balaban J connectivity index is 1.49. The lowest BCUT2D eigenvalue weighted by atomic mass is 9.97. The molecule has 4 aromatic rings. The summed E-state index contributed by atoms with van der Waals surface area (Å²) in [6, 6.07) is 7.89. The van der Waals surface area contributed by atoms with Gasteiger partial charge in [0.15, 0.2) is 5.65 Å². The molecule has 2 amide bonds. The summed E-state index contributed by atoms with van der Waals surface area (Å²) in [5.74, 6) is -0.680. The quantitative estimate of drug-likeness (QED) is 0.300. The number of aromatic nitrogens is 5. The lowest BCUT2D eigenvalue weighted by molar-refractivity contribution is -0.137. The van der Waals surface area contributed by atoms with E-state index in [4.69, 9.17) is 15.6 Å². The molecule has 43 heavy (non-hydrogen) atoms. The van der Waals surface area contributed by atoms with Gasteiger partial charge >= 0.3 is 12.3 Å². The van der Waals surface area contributed by atoms with Gasteiger partial charge in [0, 0.05) is 23.9 Å². The van der Waals surface area contributed by atoms with E-state index in [1.54, 1.807) is 21.7 Å². The first-order valence-corrected chi connectivity index (χ1v) is 13.6. The predicted molar refractivity (Wildman–Crippen MR) is 153 cm³/mol. The van der Waals surface area contributed by atoms with E-state index >= 15 is 0 Å². The number of nitrogens with zero attached hydrogens (tertiary/aromatic N) is 6. The molecule has 0 bridgehead atoms. The summed E-state index contributed by atoms with van der Waals surface area (Å²) in [5, 5.41) is 7.76. The van der Waals surface area contributed by atoms with Crippen molar-refractivity contribution in [3.8, 4) is 11.3 Å². The Morgan fingerprint density at radius 2 is 1.77 bits per heavy atom. The maximum Gasteiger partial charge on any atom is 0.416 e. The molecule has 1 atom stereocenters. The maximum absolute atomic E-state index is 13.3. The second-order valence-corrected chi connectivity index (χ2v) is 11.5. The minimum Gasteiger partial charge on any atom is -0.444 e. The predicted octanol–water partition coefficient (Wildman–Crippen LogP) is 5.84. The number of fused-ring (bicyclic) bond motifs is 1. The third kappa shape index (κ3) is 5.94. The lowest BCUT2D eigenvalue weighted by Gasteiger charge is -2.44. The number of halogens is 3. The Bertz CT molecular complexity index is 1680. The fraction of sp³-hybridized carbons (Fsp3) is 0.379. The summed E-state index contributed by atoms with van der Waals surface area (Å²) in [5.41, 5.74) is 5.41. The van der Waals surface area contributed by atoms with Crippen molar-refractivity contribution in [2.24, 2.45) is 0 Å². The number of hydrogen-bond acceptors (Lipinski definition) is 8. The molecule has 0 spiro atoms. The van der Waals surface area contributed by atoms with Crippen molar-refractivity contribution < 1.29 is 27.5 Å². The number of carbonyl (C=O) groups is 2. The molecule has 14 heteroatoms. The number of anilines is 2. The number of likely N-dealkylation sites (tertiary alicyclic amines) is 1.